The molecule has 0 N–H and O–H groups in total. The van der Waals surface area contributed by atoms with Crippen LogP contribution in [0.15, 0.2) is 42.5 Å². The molecule has 0 bridgehead atoms. The molecule has 0 radical (unpaired) electrons. The van der Waals surface area contributed by atoms with E-state index in [9.17, 15) is 5.26 Å². The van der Waals surface area contributed by atoms with E-state index in [1.165, 1.54) is 11.1 Å². The zero-order valence-corrected chi connectivity index (χ0v) is 12.0. The van der Waals surface area contributed by atoms with Gasteiger partial charge in [0, 0.05) is 0 Å². The van der Waals surface area contributed by atoms with Gasteiger partial charge in [0.05, 0.1) is 11.6 Å². The molecule has 2 aromatic rings. The number of hydrogen-bond acceptors (Lipinski definition) is 1. The van der Waals surface area contributed by atoms with Gasteiger partial charge >= 0.3 is 0 Å². The number of nitrogens with zero attached hydrogens (tertiary/aromatic N) is 1. The molecule has 0 aliphatic heterocycles. The Kier molecular flexibility index (Phi) is 3.44. The van der Waals surface area contributed by atoms with E-state index in [0.29, 0.717) is 0 Å². The Morgan fingerprint density at radius 3 is 2.11 bits per heavy atom. The third kappa shape index (κ3) is 2.85. The Morgan fingerprint density at radius 2 is 1.58 bits per heavy atom. The van der Waals surface area contributed by atoms with Crippen molar-refractivity contribution in [3.63, 3.8) is 0 Å². The third-order valence-electron chi connectivity index (χ3n) is 3.37. The summed E-state index contributed by atoms with van der Waals surface area (Å²) in [6.45, 7) is 8.55. The van der Waals surface area contributed by atoms with Crippen LogP contribution in [-0.4, -0.2) is 0 Å². The van der Waals surface area contributed by atoms with Crippen molar-refractivity contribution in [2.45, 2.75) is 33.1 Å². The molecule has 0 heterocycles. The van der Waals surface area contributed by atoms with Gasteiger partial charge in [0.1, 0.15) is 0 Å². The molecule has 0 aromatic heterocycles. The first-order valence-electron chi connectivity index (χ1n) is 6.53. The Labute approximate surface area is 115 Å². The standard InChI is InChI=1S/C18H19N/c1-13-5-7-14(8-6-13)17-10-9-16(18(2,3)4)11-15(17)12-19/h5-11H,1-4H3. The van der Waals surface area contributed by atoms with E-state index in [1.54, 1.807) is 0 Å². The summed E-state index contributed by atoms with van der Waals surface area (Å²) in [7, 11) is 0. The fourth-order valence-corrected chi connectivity index (χ4v) is 2.09. The predicted octanol–water partition coefficient (Wildman–Crippen LogP) is 4.83. The Bertz CT molecular complexity index is 622. The number of nitriles is 1. The van der Waals surface area contributed by atoms with Gasteiger partial charge in [-0.2, -0.15) is 5.26 Å². The van der Waals surface area contributed by atoms with Crippen LogP contribution in [0.3, 0.4) is 0 Å². The van der Waals surface area contributed by atoms with Gasteiger partial charge in [0.2, 0.25) is 0 Å². The van der Waals surface area contributed by atoms with Crippen molar-refractivity contribution in [1.82, 2.24) is 0 Å². The number of hydrogen-bond donors (Lipinski definition) is 0. The minimum Gasteiger partial charge on any atom is -0.192 e. The van der Waals surface area contributed by atoms with E-state index in [-0.39, 0.29) is 5.41 Å². The van der Waals surface area contributed by atoms with E-state index in [0.717, 1.165) is 16.7 Å². The number of benzene rings is 2. The lowest BCUT2D eigenvalue weighted by atomic mass is 9.84. The lowest BCUT2D eigenvalue weighted by Crippen LogP contribution is -2.11. The van der Waals surface area contributed by atoms with E-state index < -0.39 is 0 Å². The summed E-state index contributed by atoms with van der Waals surface area (Å²) in [4.78, 5) is 0. The summed E-state index contributed by atoms with van der Waals surface area (Å²) in [6.07, 6.45) is 0. The van der Waals surface area contributed by atoms with Crippen LogP contribution in [0.1, 0.15) is 37.5 Å². The molecule has 0 spiro atoms. The SMILES string of the molecule is Cc1ccc(-c2ccc(C(C)(C)C)cc2C#N)cc1. The maximum Gasteiger partial charge on any atom is 0.0998 e. The first-order chi connectivity index (χ1) is 8.91. The van der Waals surface area contributed by atoms with Gasteiger partial charge < -0.3 is 0 Å². The minimum atomic E-state index is 0.0669. The maximum absolute atomic E-state index is 9.37. The molecule has 96 valence electrons. The fourth-order valence-electron chi connectivity index (χ4n) is 2.09. The van der Waals surface area contributed by atoms with Gasteiger partial charge in [-0.25, -0.2) is 0 Å². The van der Waals surface area contributed by atoms with Gasteiger partial charge in [-0.15, -0.1) is 0 Å². The lowest BCUT2D eigenvalue weighted by Gasteiger charge is -2.20. The summed E-state index contributed by atoms with van der Waals surface area (Å²) >= 11 is 0. The molecular weight excluding hydrogens is 230 g/mol. The highest BCUT2D eigenvalue weighted by Gasteiger charge is 2.15. The van der Waals surface area contributed by atoms with Gasteiger partial charge in [0.25, 0.3) is 0 Å². The summed E-state index contributed by atoms with van der Waals surface area (Å²) < 4.78 is 0. The average Bonchev–Trinajstić information content (AvgIpc) is 2.38. The van der Waals surface area contributed by atoms with Crippen LogP contribution in [-0.2, 0) is 5.41 Å². The fraction of sp³-hybridized carbons (Fsp3) is 0.278. The Balaban J connectivity index is 2.54. The monoisotopic (exact) mass is 249 g/mol. The van der Waals surface area contributed by atoms with E-state index in [4.69, 9.17) is 0 Å². The molecule has 2 rings (SSSR count). The quantitative estimate of drug-likeness (QED) is 0.710. The van der Waals surface area contributed by atoms with Crippen molar-refractivity contribution in [2.75, 3.05) is 0 Å². The largest absolute Gasteiger partial charge is 0.192 e. The van der Waals surface area contributed by atoms with Crippen molar-refractivity contribution in [2.24, 2.45) is 0 Å². The number of aryl methyl sites for hydroxylation is 1. The lowest BCUT2D eigenvalue weighted by molar-refractivity contribution is 0.590. The van der Waals surface area contributed by atoms with Gasteiger partial charge in [0.15, 0.2) is 0 Å². The van der Waals surface area contributed by atoms with Crippen molar-refractivity contribution < 1.29 is 0 Å². The highest BCUT2D eigenvalue weighted by molar-refractivity contribution is 5.71. The van der Waals surface area contributed by atoms with Crippen molar-refractivity contribution in [3.05, 3.63) is 59.2 Å². The summed E-state index contributed by atoms with van der Waals surface area (Å²) in [5, 5.41) is 9.37. The molecule has 0 atom stereocenters. The summed E-state index contributed by atoms with van der Waals surface area (Å²) in [6, 6.07) is 16.8. The molecular formula is C18H19N. The highest BCUT2D eigenvalue weighted by atomic mass is 14.3. The second kappa shape index (κ2) is 4.90. The molecule has 0 aliphatic carbocycles. The molecule has 19 heavy (non-hydrogen) atoms. The third-order valence-corrected chi connectivity index (χ3v) is 3.37. The molecule has 0 fully saturated rings. The van der Waals surface area contributed by atoms with Gasteiger partial charge in [-0.05, 0) is 35.1 Å². The van der Waals surface area contributed by atoms with Crippen LogP contribution < -0.4 is 0 Å². The zero-order chi connectivity index (χ0) is 14.0. The number of rotatable bonds is 1. The van der Waals surface area contributed by atoms with Gasteiger partial charge in [-0.3, -0.25) is 0 Å². The van der Waals surface area contributed by atoms with Crippen LogP contribution in [0, 0.1) is 18.3 Å². The van der Waals surface area contributed by atoms with Crippen LogP contribution in [0.25, 0.3) is 11.1 Å². The molecule has 0 saturated carbocycles. The van der Waals surface area contributed by atoms with E-state index >= 15 is 0 Å². The normalized spacial score (nSPS) is 11.1. The zero-order valence-electron chi connectivity index (χ0n) is 12.0. The first-order valence-corrected chi connectivity index (χ1v) is 6.53. The van der Waals surface area contributed by atoms with Crippen molar-refractivity contribution in [3.8, 4) is 17.2 Å². The molecule has 1 nitrogen and oxygen atoms in total. The van der Waals surface area contributed by atoms with Gasteiger partial charge in [-0.1, -0.05) is 62.7 Å². The first kappa shape index (κ1) is 13.4. The molecule has 2 aromatic carbocycles. The smallest absolute Gasteiger partial charge is 0.0998 e. The molecule has 0 amide bonds. The summed E-state index contributed by atoms with van der Waals surface area (Å²) in [5.41, 5.74) is 5.35. The molecule has 1 heteroatoms. The molecule has 0 saturated heterocycles. The highest BCUT2D eigenvalue weighted by Crippen LogP contribution is 2.29. The van der Waals surface area contributed by atoms with Crippen LogP contribution in [0.5, 0.6) is 0 Å². The average molecular weight is 249 g/mol. The summed E-state index contributed by atoms with van der Waals surface area (Å²) in [5.74, 6) is 0. The predicted molar refractivity (Wildman–Crippen MR) is 80.0 cm³/mol. The van der Waals surface area contributed by atoms with E-state index in [1.807, 2.05) is 6.07 Å². The Morgan fingerprint density at radius 1 is 0.947 bits per heavy atom. The van der Waals surface area contributed by atoms with E-state index in [2.05, 4.69) is 70.2 Å². The van der Waals surface area contributed by atoms with Crippen molar-refractivity contribution >= 4 is 0 Å². The van der Waals surface area contributed by atoms with Crippen LogP contribution >= 0.6 is 0 Å². The second-order valence-electron chi connectivity index (χ2n) is 5.99. The molecule has 0 aliphatic rings. The minimum absolute atomic E-state index is 0.0669. The molecule has 0 unspecified atom stereocenters. The van der Waals surface area contributed by atoms with Crippen molar-refractivity contribution in [1.29, 1.82) is 5.26 Å². The van der Waals surface area contributed by atoms with Crippen LogP contribution in [0.2, 0.25) is 0 Å². The maximum atomic E-state index is 9.37. The van der Waals surface area contributed by atoms with Crippen LogP contribution in [0.4, 0.5) is 0 Å². The topological polar surface area (TPSA) is 23.8 Å². The second-order valence-corrected chi connectivity index (χ2v) is 5.99. The Hall–Kier alpha value is -2.07.